The maximum absolute atomic E-state index is 12.8. The molecule has 0 radical (unpaired) electrons. The third-order valence-electron chi connectivity index (χ3n) is 5.48. The van der Waals surface area contributed by atoms with Crippen molar-refractivity contribution in [1.82, 2.24) is 10.5 Å². The van der Waals surface area contributed by atoms with E-state index in [-0.39, 0.29) is 12.0 Å². The Balaban J connectivity index is 1.42. The first-order valence-electron chi connectivity index (χ1n) is 10.8. The van der Waals surface area contributed by atoms with Gasteiger partial charge in [0.1, 0.15) is 35.7 Å². The van der Waals surface area contributed by atoms with Crippen LogP contribution in [0, 0.1) is 13.8 Å². The highest BCUT2D eigenvalue weighted by Crippen LogP contribution is 2.35. The average Bonchev–Trinajstić information content (AvgIpc) is 3.30. The summed E-state index contributed by atoms with van der Waals surface area (Å²) in [5.41, 5.74) is 4.26. The lowest BCUT2D eigenvalue weighted by molar-refractivity contribution is 0.0950. The molecule has 2 heterocycles. The molecule has 0 unspecified atom stereocenters. The van der Waals surface area contributed by atoms with Gasteiger partial charge in [-0.2, -0.15) is 0 Å². The topological polar surface area (TPSA) is 82.8 Å². The highest BCUT2D eigenvalue weighted by Gasteiger charge is 2.22. The van der Waals surface area contributed by atoms with Crippen LogP contribution in [0.2, 0.25) is 0 Å². The van der Waals surface area contributed by atoms with Crippen molar-refractivity contribution in [2.24, 2.45) is 0 Å². The maximum Gasteiger partial charge on any atom is 0.251 e. The van der Waals surface area contributed by atoms with Gasteiger partial charge in [-0.3, -0.25) is 4.79 Å². The summed E-state index contributed by atoms with van der Waals surface area (Å²) in [6.45, 7) is 8.94. The first kappa shape index (κ1) is 21.7. The van der Waals surface area contributed by atoms with Gasteiger partial charge in [0.05, 0.1) is 17.9 Å². The lowest BCUT2D eigenvalue weighted by atomic mass is 10.1. The SMILES string of the molecule is CCOc1cc2c(cc1CNC(=O)c1cccc(OCc3c(C)noc3C)c1)O[C@@H](C)C2. The number of ether oxygens (including phenoxy) is 3. The molecule has 0 spiro atoms. The molecule has 1 amide bonds. The molecular formula is C25H28N2O5. The van der Waals surface area contributed by atoms with Crippen molar-refractivity contribution in [3.63, 3.8) is 0 Å². The first-order chi connectivity index (χ1) is 15.4. The maximum atomic E-state index is 12.8. The van der Waals surface area contributed by atoms with Gasteiger partial charge >= 0.3 is 0 Å². The van der Waals surface area contributed by atoms with Crippen molar-refractivity contribution >= 4 is 5.91 Å². The van der Waals surface area contributed by atoms with Crippen LogP contribution in [0.15, 0.2) is 40.9 Å². The van der Waals surface area contributed by atoms with Crippen LogP contribution in [-0.4, -0.2) is 23.8 Å². The normalized spacial score (nSPS) is 14.6. The van der Waals surface area contributed by atoms with E-state index in [1.807, 2.05) is 45.9 Å². The van der Waals surface area contributed by atoms with Gasteiger partial charge in [0, 0.05) is 29.7 Å². The summed E-state index contributed by atoms with van der Waals surface area (Å²) in [5.74, 6) is 2.78. The van der Waals surface area contributed by atoms with Crippen LogP contribution < -0.4 is 19.5 Å². The van der Waals surface area contributed by atoms with Crippen molar-refractivity contribution in [3.05, 3.63) is 70.1 Å². The van der Waals surface area contributed by atoms with E-state index in [1.54, 1.807) is 18.2 Å². The Bertz CT molecular complexity index is 1100. The molecule has 1 N–H and O–H groups in total. The Morgan fingerprint density at radius 3 is 2.81 bits per heavy atom. The Labute approximate surface area is 187 Å². The van der Waals surface area contributed by atoms with Gasteiger partial charge in [0.2, 0.25) is 0 Å². The average molecular weight is 437 g/mol. The monoisotopic (exact) mass is 436 g/mol. The molecule has 2 aromatic carbocycles. The highest BCUT2D eigenvalue weighted by atomic mass is 16.5. The van der Waals surface area contributed by atoms with E-state index >= 15 is 0 Å². The number of hydrogen-bond acceptors (Lipinski definition) is 6. The molecule has 1 aliphatic heterocycles. The number of rotatable bonds is 8. The predicted molar refractivity (Wildman–Crippen MR) is 119 cm³/mol. The number of carbonyl (C=O) groups excluding carboxylic acids is 1. The van der Waals surface area contributed by atoms with E-state index in [0.717, 1.165) is 46.1 Å². The summed E-state index contributed by atoms with van der Waals surface area (Å²) >= 11 is 0. The molecule has 4 rings (SSSR count). The zero-order valence-corrected chi connectivity index (χ0v) is 18.9. The molecule has 3 aromatic rings. The summed E-state index contributed by atoms with van der Waals surface area (Å²) < 4.78 is 22.7. The summed E-state index contributed by atoms with van der Waals surface area (Å²) in [6, 6.07) is 11.1. The molecular weight excluding hydrogens is 408 g/mol. The minimum atomic E-state index is -0.190. The second-order valence-electron chi connectivity index (χ2n) is 7.94. The fraction of sp³-hybridized carbons (Fsp3) is 0.360. The van der Waals surface area contributed by atoms with E-state index in [2.05, 4.69) is 10.5 Å². The van der Waals surface area contributed by atoms with Crippen molar-refractivity contribution < 1.29 is 23.5 Å². The Kier molecular flexibility index (Phi) is 6.35. The van der Waals surface area contributed by atoms with Gasteiger partial charge in [0.25, 0.3) is 5.91 Å². The van der Waals surface area contributed by atoms with Gasteiger partial charge in [0.15, 0.2) is 0 Å². The minimum absolute atomic E-state index is 0.150. The highest BCUT2D eigenvalue weighted by molar-refractivity contribution is 5.94. The predicted octanol–water partition coefficient (Wildman–Crippen LogP) is 4.52. The quantitative estimate of drug-likeness (QED) is 0.559. The van der Waals surface area contributed by atoms with E-state index < -0.39 is 0 Å². The summed E-state index contributed by atoms with van der Waals surface area (Å²) in [5, 5.41) is 6.91. The molecule has 0 aliphatic carbocycles. The number of nitrogens with one attached hydrogen (secondary N) is 1. The summed E-state index contributed by atoms with van der Waals surface area (Å²) in [7, 11) is 0. The number of nitrogens with zero attached hydrogens (tertiary/aromatic N) is 1. The molecule has 1 aliphatic rings. The molecule has 0 saturated carbocycles. The lowest BCUT2D eigenvalue weighted by Gasteiger charge is -2.14. The second-order valence-corrected chi connectivity index (χ2v) is 7.94. The van der Waals surface area contributed by atoms with Gasteiger partial charge in [-0.1, -0.05) is 11.2 Å². The smallest absolute Gasteiger partial charge is 0.251 e. The number of aryl methyl sites for hydroxylation is 2. The summed E-state index contributed by atoms with van der Waals surface area (Å²) in [4.78, 5) is 12.8. The van der Waals surface area contributed by atoms with Crippen LogP contribution in [-0.2, 0) is 19.6 Å². The third-order valence-corrected chi connectivity index (χ3v) is 5.48. The van der Waals surface area contributed by atoms with Gasteiger partial charge < -0.3 is 24.1 Å². The Hall–Kier alpha value is -3.48. The molecule has 7 nitrogen and oxygen atoms in total. The molecule has 168 valence electrons. The Morgan fingerprint density at radius 1 is 1.22 bits per heavy atom. The van der Waals surface area contributed by atoms with E-state index in [0.29, 0.717) is 31.1 Å². The van der Waals surface area contributed by atoms with Crippen molar-refractivity contribution in [3.8, 4) is 17.2 Å². The number of aromatic nitrogens is 1. The zero-order valence-electron chi connectivity index (χ0n) is 18.9. The standard InChI is InChI=1S/C25H28N2O5/c1-5-29-23-11-19-9-15(2)31-24(19)12-20(23)13-26-25(28)18-7-6-8-21(10-18)30-14-22-16(3)27-32-17(22)4/h6-8,10-12,15H,5,9,13-14H2,1-4H3,(H,26,28)/t15-/m0/s1. The van der Waals surface area contributed by atoms with Crippen molar-refractivity contribution in [2.75, 3.05) is 6.61 Å². The number of carbonyl (C=O) groups is 1. The first-order valence-corrected chi connectivity index (χ1v) is 10.8. The van der Waals surface area contributed by atoms with Crippen molar-refractivity contribution in [2.45, 2.75) is 53.4 Å². The Morgan fingerprint density at radius 2 is 2.06 bits per heavy atom. The number of benzene rings is 2. The fourth-order valence-corrected chi connectivity index (χ4v) is 3.78. The zero-order chi connectivity index (χ0) is 22.7. The molecule has 0 fully saturated rings. The largest absolute Gasteiger partial charge is 0.494 e. The molecule has 7 heteroatoms. The molecule has 32 heavy (non-hydrogen) atoms. The van der Waals surface area contributed by atoms with Crippen molar-refractivity contribution in [1.29, 1.82) is 0 Å². The number of amides is 1. The van der Waals surface area contributed by atoms with Crippen LogP contribution in [0.4, 0.5) is 0 Å². The van der Waals surface area contributed by atoms with Crippen LogP contribution in [0.5, 0.6) is 17.2 Å². The van der Waals surface area contributed by atoms with E-state index in [9.17, 15) is 4.79 Å². The van der Waals surface area contributed by atoms with Crippen LogP contribution in [0.3, 0.4) is 0 Å². The fourth-order valence-electron chi connectivity index (χ4n) is 3.78. The lowest BCUT2D eigenvalue weighted by Crippen LogP contribution is -2.23. The molecule has 0 saturated heterocycles. The van der Waals surface area contributed by atoms with Crippen LogP contribution in [0.1, 0.15) is 52.3 Å². The molecule has 1 atom stereocenters. The number of fused-ring (bicyclic) bond motifs is 1. The van der Waals surface area contributed by atoms with Crippen LogP contribution in [0.25, 0.3) is 0 Å². The van der Waals surface area contributed by atoms with Gasteiger partial charge in [-0.05, 0) is 58.0 Å². The third kappa shape index (κ3) is 4.72. The minimum Gasteiger partial charge on any atom is -0.494 e. The second kappa shape index (κ2) is 9.34. The van der Waals surface area contributed by atoms with Gasteiger partial charge in [-0.25, -0.2) is 0 Å². The van der Waals surface area contributed by atoms with E-state index in [1.165, 1.54) is 0 Å². The molecule has 1 aromatic heterocycles. The number of hydrogen-bond donors (Lipinski definition) is 1. The van der Waals surface area contributed by atoms with Gasteiger partial charge in [-0.15, -0.1) is 0 Å². The van der Waals surface area contributed by atoms with E-state index in [4.69, 9.17) is 18.7 Å². The molecule has 0 bridgehead atoms. The summed E-state index contributed by atoms with van der Waals surface area (Å²) in [6.07, 6.45) is 1.01. The van der Waals surface area contributed by atoms with Crippen LogP contribution >= 0.6 is 0 Å².